The Hall–Kier alpha value is -4.75. The van der Waals surface area contributed by atoms with Crippen LogP contribution in [0, 0.1) is 0 Å². The Kier molecular flexibility index (Phi) is 5.48. The summed E-state index contributed by atoms with van der Waals surface area (Å²) in [6, 6.07) is 30.2. The Balaban J connectivity index is 1.29. The summed E-state index contributed by atoms with van der Waals surface area (Å²) >= 11 is 6.18. The fraction of sp³-hybridized carbons (Fsp3) is 0.0667. The summed E-state index contributed by atoms with van der Waals surface area (Å²) in [5.41, 5.74) is 4.47. The van der Waals surface area contributed by atoms with Crippen LogP contribution in [0.25, 0.3) is 16.4 Å². The Labute approximate surface area is 222 Å². The van der Waals surface area contributed by atoms with Crippen molar-refractivity contribution in [2.24, 2.45) is 5.16 Å². The first-order valence-electron chi connectivity index (χ1n) is 12.1. The number of oxime groups is 1. The van der Waals surface area contributed by atoms with Crippen LogP contribution in [0.1, 0.15) is 34.0 Å². The van der Waals surface area contributed by atoms with Gasteiger partial charge in [-0.25, -0.2) is 14.5 Å². The van der Waals surface area contributed by atoms with Crippen molar-refractivity contribution < 1.29 is 9.57 Å². The molecule has 1 aliphatic rings. The fourth-order valence-electron chi connectivity index (χ4n) is 4.91. The van der Waals surface area contributed by atoms with Gasteiger partial charge in [0.2, 0.25) is 5.88 Å². The summed E-state index contributed by atoms with van der Waals surface area (Å²) in [6.07, 6.45) is 3.19. The lowest BCUT2D eigenvalue weighted by Crippen LogP contribution is -2.15. The third-order valence-electron chi connectivity index (χ3n) is 6.64. The molecule has 0 spiro atoms. The van der Waals surface area contributed by atoms with Crippen molar-refractivity contribution in [1.29, 1.82) is 0 Å². The number of nitrogens with zero attached hydrogens (tertiary/aromatic N) is 5. The smallest absolute Gasteiger partial charge is 0.228 e. The van der Waals surface area contributed by atoms with Crippen molar-refractivity contribution in [2.45, 2.75) is 12.5 Å². The maximum atomic E-state index is 6.46. The molecule has 1 aliphatic heterocycles. The van der Waals surface area contributed by atoms with Crippen molar-refractivity contribution in [2.75, 3.05) is 0 Å². The minimum absolute atomic E-state index is 0.0927. The van der Waals surface area contributed by atoms with E-state index in [0.717, 1.165) is 38.8 Å². The zero-order chi connectivity index (χ0) is 25.5. The predicted molar refractivity (Wildman–Crippen MR) is 146 cm³/mol. The van der Waals surface area contributed by atoms with Gasteiger partial charge in [0.15, 0.2) is 18.1 Å². The van der Waals surface area contributed by atoms with Crippen LogP contribution in [0.15, 0.2) is 102 Å². The summed E-state index contributed by atoms with van der Waals surface area (Å²) in [5, 5.41) is 11.4. The maximum Gasteiger partial charge on any atom is 0.228 e. The van der Waals surface area contributed by atoms with Crippen molar-refractivity contribution >= 4 is 34.2 Å². The minimum Gasteiger partial charge on any atom is -0.438 e. The average molecular weight is 518 g/mol. The molecule has 2 aromatic heterocycles. The molecule has 0 aliphatic carbocycles. The third-order valence-corrected chi connectivity index (χ3v) is 6.98. The molecule has 6 aromatic rings. The van der Waals surface area contributed by atoms with Gasteiger partial charge in [-0.2, -0.15) is 0 Å². The number of fused-ring (bicyclic) bond motifs is 6. The number of hydrogen-bond donors (Lipinski definition) is 0. The predicted octanol–water partition coefficient (Wildman–Crippen LogP) is 6.77. The number of aromatic nitrogens is 4. The van der Waals surface area contributed by atoms with Crippen LogP contribution >= 0.6 is 11.6 Å². The summed E-state index contributed by atoms with van der Waals surface area (Å²) in [4.78, 5) is 14.9. The highest BCUT2D eigenvalue weighted by Crippen LogP contribution is 2.50. The molecule has 1 atom stereocenters. The van der Waals surface area contributed by atoms with Crippen LogP contribution in [-0.4, -0.2) is 25.8 Å². The maximum absolute atomic E-state index is 6.46. The van der Waals surface area contributed by atoms with E-state index in [1.165, 1.54) is 0 Å². The number of hydrogen-bond acceptors (Lipinski definition) is 6. The first kappa shape index (κ1) is 22.4. The summed E-state index contributed by atoms with van der Waals surface area (Å²) in [5.74, 6) is 1.68. The van der Waals surface area contributed by atoms with Gasteiger partial charge >= 0.3 is 0 Å². The molecule has 8 heteroatoms. The lowest BCUT2D eigenvalue weighted by atomic mass is 9.83. The van der Waals surface area contributed by atoms with Crippen LogP contribution in [0.5, 0.6) is 11.6 Å². The van der Waals surface area contributed by atoms with Crippen LogP contribution in [0.2, 0.25) is 5.02 Å². The van der Waals surface area contributed by atoms with E-state index in [0.29, 0.717) is 22.4 Å². The monoisotopic (exact) mass is 517 g/mol. The van der Waals surface area contributed by atoms with Gasteiger partial charge in [-0.3, -0.25) is 0 Å². The second kappa shape index (κ2) is 9.28. The quantitative estimate of drug-likeness (QED) is 0.186. The van der Waals surface area contributed by atoms with Crippen LogP contribution in [0.3, 0.4) is 0 Å². The molecule has 38 heavy (non-hydrogen) atoms. The van der Waals surface area contributed by atoms with E-state index in [4.69, 9.17) is 26.2 Å². The first-order valence-corrected chi connectivity index (χ1v) is 12.5. The molecular weight excluding hydrogens is 498 g/mol. The average Bonchev–Trinajstić information content (AvgIpc) is 3.39. The molecule has 0 saturated heterocycles. The lowest BCUT2D eigenvalue weighted by molar-refractivity contribution is 0.126. The molecule has 1 unspecified atom stereocenters. The first-order chi connectivity index (χ1) is 18.8. The molecule has 7 nitrogen and oxygen atoms in total. The van der Waals surface area contributed by atoms with Crippen molar-refractivity contribution in [3.05, 3.63) is 130 Å². The Morgan fingerprint density at radius 1 is 0.947 bits per heavy atom. The highest BCUT2D eigenvalue weighted by molar-refractivity contribution is 6.33. The molecular formula is C30H20ClN5O2. The molecule has 184 valence electrons. The van der Waals surface area contributed by atoms with Crippen LogP contribution < -0.4 is 4.74 Å². The van der Waals surface area contributed by atoms with Crippen molar-refractivity contribution in [1.82, 2.24) is 19.6 Å². The van der Waals surface area contributed by atoms with Gasteiger partial charge in [-0.1, -0.05) is 102 Å². The van der Waals surface area contributed by atoms with Crippen molar-refractivity contribution in [3.63, 3.8) is 0 Å². The van der Waals surface area contributed by atoms with E-state index in [1.807, 2.05) is 48.5 Å². The van der Waals surface area contributed by atoms with Gasteiger partial charge in [-0.15, -0.1) is 5.10 Å². The number of halogens is 1. The van der Waals surface area contributed by atoms with E-state index in [-0.39, 0.29) is 12.5 Å². The second-order valence-electron chi connectivity index (χ2n) is 8.94. The molecule has 0 fully saturated rings. The highest BCUT2D eigenvalue weighted by atomic mass is 35.5. The second-order valence-corrected chi connectivity index (χ2v) is 9.35. The molecule has 0 saturated carbocycles. The largest absolute Gasteiger partial charge is 0.438 e. The van der Waals surface area contributed by atoms with E-state index in [2.05, 4.69) is 51.6 Å². The molecule has 4 aromatic carbocycles. The highest BCUT2D eigenvalue weighted by Gasteiger charge is 2.34. The summed E-state index contributed by atoms with van der Waals surface area (Å²) < 4.78 is 8.13. The van der Waals surface area contributed by atoms with Gasteiger partial charge in [0.05, 0.1) is 11.8 Å². The van der Waals surface area contributed by atoms with Crippen molar-refractivity contribution in [3.8, 4) is 11.6 Å². The topological polar surface area (TPSA) is 73.9 Å². The standard InChI is InChI=1S/C30H20ClN5O2/c31-24-13-7-5-11-21(24)16-33-37-17-25-34-29-27-26(20-9-2-1-3-10-20)23-15-14-19-8-4-6-12-22(19)28(23)38-30(27)32-18-36(29)35-25/h1-16,18,26H,17H2/b33-16+. The van der Waals surface area contributed by atoms with Gasteiger partial charge in [0.1, 0.15) is 12.1 Å². The zero-order valence-corrected chi connectivity index (χ0v) is 20.8. The summed E-state index contributed by atoms with van der Waals surface area (Å²) in [6.45, 7) is 0.0927. The SMILES string of the molecule is Clc1ccccc1/C=N/OCc1nc2c3c(ncn2n1)Oc1c(ccc2ccccc12)C3c1ccccc1. The van der Waals surface area contributed by atoms with Gasteiger partial charge in [0.25, 0.3) is 0 Å². The summed E-state index contributed by atoms with van der Waals surface area (Å²) in [7, 11) is 0. The lowest BCUT2D eigenvalue weighted by Gasteiger charge is -2.28. The molecule has 0 bridgehead atoms. The fourth-order valence-corrected chi connectivity index (χ4v) is 5.10. The van der Waals surface area contributed by atoms with E-state index >= 15 is 0 Å². The molecule has 3 heterocycles. The molecule has 0 N–H and O–H groups in total. The zero-order valence-electron chi connectivity index (χ0n) is 20.0. The van der Waals surface area contributed by atoms with Gasteiger partial charge in [0, 0.05) is 27.5 Å². The number of benzene rings is 4. The van der Waals surface area contributed by atoms with E-state index < -0.39 is 0 Å². The van der Waals surface area contributed by atoms with E-state index in [1.54, 1.807) is 23.1 Å². The molecule has 7 rings (SSSR count). The van der Waals surface area contributed by atoms with Crippen LogP contribution in [0.4, 0.5) is 0 Å². The Bertz CT molecular complexity index is 1830. The minimum atomic E-state index is -0.132. The molecule has 0 radical (unpaired) electrons. The number of rotatable bonds is 5. The third kappa shape index (κ3) is 3.84. The van der Waals surface area contributed by atoms with Gasteiger partial charge in [-0.05, 0) is 17.0 Å². The molecule has 0 amide bonds. The normalized spacial score (nSPS) is 14.4. The number of ether oxygens (including phenoxy) is 1. The van der Waals surface area contributed by atoms with Crippen LogP contribution in [-0.2, 0) is 11.4 Å². The van der Waals surface area contributed by atoms with Gasteiger partial charge < -0.3 is 9.57 Å². The van der Waals surface area contributed by atoms with E-state index in [9.17, 15) is 0 Å². The Morgan fingerprint density at radius 2 is 1.76 bits per heavy atom. The Morgan fingerprint density at radius 3 is 2.66 bits per heavy atom.